The average molecular weight is 228 g/mol. The highest BCUT2D eigenvalue weighted by Crippen LogP contribution is 2.11. The van der Waals surface area contributed by atoms with Gasteiger partial charge in [0.1, 0.15) is 0 Å². The minimum Gasteiger partial charge on any atom is -0.396 e. The molecule has 1 aliphatic rings. The summed E-state index contributed by atoms with van der Waals surface area (Å²) in [6.07, 6.45) is 5.88. The summed E-state index contributed by atoms with van der Waals surface area (Å²) in [5.41, 5.74) is 0. The van der Waals surface area contributed by atoms with E-state index in [1.165, 1.54) is 19.3 Å². The maximum atomic E-state index is 11.6. The molecule has 1 aliphatic heterocycles. The van der Waals surface area contributed by atoms with Gasteiger partial charge >= 0.3 is 0 Å². The highest BCUT2D eigenvalue weighted by molar-refractivity contribution is 5.76. The molecule has 0 aliphatic carbocycles. The zero-order valence-corrected chi connectivity index (χ0v) is 10.2. The monoisotopic (exact) mass is 228 g/mol. The molecule has 0 bridgehead atoms. The average Bonchev–Trinajstić information content (AvgIpc) is 2.28. The number of hydrogen-bond acceptors (Lipinski definition) is 3. The number of aliphatic hydroxyl groups is 1. The van der Waals surface area contributed by atoms with Crippen LogP contribution in [-0.4, -0.2) is 36.2 Å². The fourth-order valence-electron chi connectivity index (χ4n) is 2.09. The molecule has 16 heavy (non-hydrogen) atoms. The molecule has 0 aromatic carbocycles. The van der Waals surface area contributed by atoms with Gasteiger partial charge in [-0.3, -0.25) is 4.79 Å². The van der Waals surface area contributed by atoms with E-state index in [0.29, 0.717) is 18.9 Å². The van der Waals surface area contributed by atoms with Crippen LogP contribution in [0.15, 0.2) is 0 Å². The zero-order chi connectivity index (χ0) is 11.8. The van der Waals surface area contributed by atoms with Crippen molar-refractivity contribution >= 4 is 5.91 Å². The van der Waals surface area contributed by atoms with Crippen LogP contribution in [0.5, 0.6) is 0 Å². The number of hydrogen-bond donors (Lipinski definition) is 3. The Labute approximate surface area is 97.8 Å². The van der Waals surface area contributed by atoms with Crippen LogP contribution in [-0.2, 0) is 4.79 Å². The van der Waals surface area contributed by atoms with Crippen LogP contribution in [0.4, 0.5) is 0 Å². The summed E-state index contributed by atoms with van der Waals surface area (Å²) in [7, 11) is 0. The van der Waals surface area contributed by atoms with E-state index in [0.717, 1.165) is 13.0 Å². The summed E-state index contributed by atoms with van der Waals surface area (Å²) in [5, 5.41) is 15.0. The normalized spacial score (nSPS) is 22.8. The molecular weight excluding hydrogens is 204 g/mol. The molecule has 4 heteroatoms. The van der Waals surface area contributed by atoms with Gasteiger partial charge in [-0.1, -0.05) is 6.42 Å². The predicted octanol–water partition coefficient (Wildman–Crippen LogP) is 0.796. The SMILES string of the molecule is CC(CCO)NC(=O)CCC1CCCCN1. The van der Waals surface area contributed by atoms with Gasteiger partial charge in [0.25, 0.3) is 0 Å². The van der Waals surface area contributed by atoms with E-state index < -0.39 is 0 Å². The molecule has 1 heterocycles. The first-order chi connectivity index (χ1) is 7.72. The highest BCUT2D eigenvalue weighted by Gasteiger charge is 2.14. The fourth-order valence-corrected chi connectivity index (χ4v) is 2.09. The Morgan fingerprint density at radius 1 is 1.56 bits per heavy atom. The minimum absolute atomic E-state index is 0.0804. The number of aliphatic hydroxyl groups excluding tert-OH is 1. The molecule has 1 fully saturated rings. The second-order valence-electron chi connectivity index (χ2n) is 4.67. The first kappa shape index (κ1) is 13.5. The Bertz CT molecular complexity index is 203. The van der Waals surface area contributed by atoms with Gasteiger partial charge in [0.15, 0.2) is 0 Å². The third-order valence-electron chi connectivity index (χ3n) is 3.10. The third kappa shape index (κ3) is 5.47. The lowest BCUT2D eigenvalue weighted by atomic mass is 10.0. The lowest BCUT2D eigenvalue weighted by Gasteiger charge is -2.23. The maximum absolute atomic E-state index is 11.6. The van der Waals surface area contributed by atoms with E-state index in [9.17, 15) is 4.79 Å². The number of rotatable bonds is 6. The molecule has 1 saturated heterocycles. The van der Waals surface area contributed by atoms with Crippen molar-refractivity contribution in [3.63, 3.8) is 0 Å². The van der Waals surface area contributed by atoms with Crippen molar-refractivity contribution in [2.45, 2.75) is 57.5 Å². The van der Waals surface area contributed by atoms with Crippen molar-refractivity contribution in [1.29, 1.82) is 0 Å². The van der Waals surface area contributed by atoms with E-state index in [2.05, 4.69) is 10.6 Å². The number of amides is 1. The maximum Gasteiger partial charge on any atom is 0.220 e. The summed E-state index contributed by atoms with van der Waals surface area (Å²) in [6.45, 7) is 3.14. The molecule has 94 valence electrons. The Morgan fingerprint density at radius 3 is 3.00 bits per heavy atom. The Balaban J connectivity index is 2.09. The zero-order valence-electron chi connectivity index (χ0n) is 10.2. The number of carbonyl (C=O) groups is 1. The van der Waals surface area contributed by atoms with Gasteiger partial charge in [0, 0.05) is 25.1 Å². The third-order valence-corrected chi connectivity index (χ3v) is 3.10. The first-order valence-corrected chi connectivity index (χ1v) is 6.36. The van der Waals surface area contributed by atoms with Crippen molar-refractivity contribution in [2.24, 2.45) is 0 Å². The Morgan fingerprint density at radius 2 is 2.38 bits per heavy atom. The van der Waals surface area contributed by atoms with Gasteiger partial charge < -0.3 is 15.7 Å². The lowest BCUT2D eigenvalue weighted by molar-refractivity contribution is -0.122. The van der Waals surface area contributed by atoms with E-state index >= 15 is 0 Å². The van der Waals surface area contributed by atoms with Crippen LogP contribution in [0.2, 0.25) is 0 Å². The van der Waals surface area contributed by atoms with Crippen molar-refractivity contribution in [2.75, 3.05) is 13.2 Å². The van der Waals surface area contributed by atoms with Gasteiger partial charge in [-0.2, -0.15) is 0 Å². The Kier molecular flexibility index (Phi) is 6.42. The molecule has 0 saturated carbocycles. The summed E-state index contributed by atoms with van der Waals surface area (Å²) in [6, 6.07) is 0.601. The van der Waals surface area contributed by atoms with Gasteiger partial charge in [-0.15, -0.1) is 0 Å². The van der Waals surface area contributed by atoms with Gasteiger partial charge in [-0.05, 0) is 39.2 Å². The molecule has 1 amide bonds. The first-order valence-electron chi connectivity index (χ1n) is 6.36. The smallest absolute Gasteiger partial charge is 0.220 e. The Hall–Kier alpha value is -0.610. The molecule has 4 nitrogen and oxygen atoms in total. The lowest BCUT2D eigenvalue weighted by Crippen LogP contribution is -2.37. The molecule has 0 aromatic heterocycles. The van der Waals surface area contributed by atoms with Gasteiger partial charge in [-0.25, -0.2) is 0 Å². The van der Waals surface area contributed by atoms with Crippen molar-refractivity contribution in [1.82, 2.24) is 10.6 Å². The summed E-state index contributed by atoms with van der Waals surface area (Å²) in [4.78, 5) is 11.6. The summed E-state index contributed by atoms with van der Waals surface area (Å²) in [5.74, 6) is 0.105. The highest BCUT2D eigenvalue weighted by atomic mass is 16.3. The van der Waals surface area contributed by atoms with E-state index in [1.807, 2.05) is 6.92 Å². The molecule has 3 N–H and O–H groups in total. The van der Waals surface area contributed by atoms with E-state index in [4.69, 9.17) is 5.11 Å². The predicted molar refractivity (Wildman–Crippen MR) is 64.2 cm³/mol. The molecular formula is C12H24N2O2. The van der Waals surface area contributed by atoms with Gasteiger partial charge in [0.05, 0.1) is 0 Å². The number of nitrogens with one attached hydrogen (secondary N) is 2. The molecule has 2 atom stereocenters. The van der Waals surface area contributed by atoms with Crippen LogP contribution in [0, 0.1) is 0 Å². The van der Waals surface area contributed by atoms with Crippen LogP contribution in [0.25, 0.3) is 0 Å². The second-order valence-corrected chi connectivity index (χ2v) is 4.67. The minimum atomic E-state index is 0.0804. The molecule has 0 radical (unpaired) electrons. The molecule has 0 aromatic rings. The van der Waals surface area contributed by atoms with Gasteiger partial charge in [0.2, 0.25) is 5.91 Å². The van der Waals surface area contributed by atoms with E-state index in [-0.39, 0.29) is 18.6 Å². The topological polar surface area (TPSA) is 61.4 Å². The molecule has 0 spiro atoms. The number of piperidine rings is 1. The summed E-state index contributed by atoms with van der Waals surface area (Å²) >= 11 is 0. The van der Waals surface area contributed by atoms with Crippen molar-refractivity contribution in [3.8, 4) is 0 Å². The fraction of sp³-hybridized carbons (Fsp3) is 0.917. The van der Waals surface area contributed by atoms with Crippen LogP contribution >= 0.6 is 0 Å². The van der Waals surface area contributed by atoms with E-state index in [1.54, 1.807) is 0 Å². The second kappa shape index (κ2) is 7.63. The van der Waals surface area contributed by atoms with Crippen LogP contribution in [0.3, 0.4) is 0 Å². The van der Waals surface area contributed by atoms with Crippen LogP contribution in [0.1, 0.15) is 45.4 Å². The molecule has 2 unspecified atom stereocenters. The van der Waals surface area contributed by atoms with Crippen molar-refractivity contribution < 1.29 is 9.90 Å². The van der Waals surface area contributed by atoms with Crippen LogP contribution < -0.4 is 10.6 Å². The number of carbonyl (C=O) groups excluding carboxylic acids is 1. The molecule has 1 rings (SSSR count). The summed E-state index contributed by atoms with van der Waals surface area (Å²) < 4.78 is 0. The quantitative estimate of drug-likeness (QED) is 0.630. The van der Waals surface area contributed by atoms with Crippen molar-refractivity contribution in [3.05, 3.63) is 0 Å². The standard InChI is InChI=1S/C12H24N2O2/c1-10(7-9-15)14-12(16)6-5-11-4-2-3-8-13-11/h10-11,13,15H,2-9H2,1H3,(H,14,16). The largest absolute Gasteiger partial charge is 0.396 e.